The zero-order chi connectivity index (χ0) is 40.9. The summed E-state index contributed by atoms with van der Waals surface area (Å²) in [6.07, 6.45) is -1.57. The van der Waals surface area contributed by atoms with Gasteiger partial charge < -0.3 is 20.4 Å². The average molecular weight is 795 g/mol. The van der Waals surface area contributed by atoms with E-state index in [0.717, 1.165) is 48.2 Å². The minimum Gasteiger partial charge on any atom is -0.365 e. The molecule has 4 aromatic carbocycles. The molecule has 0 spiro atoms. The first kappa shape index (κ1) is 39.5. The van der Waals surface area contributed by atoms with Crippen molar-refractivity contribution < 1.29 is 35.9 Å². The first-order valence-electron chi connectivity index (χ1n) is 18.3. The predicted octanol–water partition coefficient (Wildman–Crippen LogP) is 9.83. The standard InChI is InChI=1S/2C22H18F3N3O/c2*23-22(24,25)18-5-6-20(28-12-9-15-3-1-2-4-17(15)14-28)19(13-18)27-21(29)16-7-10-26-11-8-16/h2*1-8,10-11,13H,9,12,14H2,(H,27,29). The van der Waals surface area contributed by atoms with Gasteiger partial charge in [0.2, 0.25) is 0 Å². The topological polar surface area (TPSA) is 90.5 Å². The number of amides is 2. The largest absolute Gasteiger partial charge is 0.416 e. The highest BCUT2D eigenvalue weighted by molar-refractivity contribution is 6.06. The Labute approximate surface area is 330 Å². The summed E-state index contributed by atoms with van der Waals surface area (Å²) in [5.74, 6) is -0.962. The van der Waals surface area contributed by atoms with E-state index in [1.54, 1.807) is 0 Å². The lowest BCUT2D eigenvalue weighted by Crippen LogP contribution is -2.31. The number of halogens is 6. The van der Waals surface area contributed by atoms with Crippen molar-refractivity contribution in [1.82, 2.24) is 9.97 Å². The van der Waals surface area contributed by atoms with Crippen LogP contribution in [-0.4, -0.2) is 34.9 Å². The Morgan fingerprint density at radius 2 is 0.862 bits per heavy atom. The van der Waals surface area contributed by atoms with E-state index in [4.69, 9.17) is 0 Å². The summed E-state index contributed by atoms with van der Waals surface area (Å²) in [6.45, 7) is 2.44. The zero-order valence-corrected chi connectivity index (χ0v) is 30.8. The number of nitrogens with one attached hydrogen (secondary N) is 2. The van der Waals surface area contributed by atoms with Gasteiger partial charge in [0.05, 0.1) is 33.9 Å². The van der Waals surface area contributed by atoms with Crippen LogP contribution in [0.25, 0.3) is 0 Å². The van der Waals surface area contributed by atoms with Crippen LogP contribution < -0.4 is 20.4 Å². The third-order valence-electron chi connectivity index (χ3n) is 9.97. The number of hydrogen-bond donors (Lipinski definition) is 2. The van der Waals surface area contributed by atoms with Gasteiger partial charge in [0.25, 0.3) is 11.8 Å². The van der Waals surface area contributed by atoms with Gasteiger partial charge in [0, 0.05) is 62.1 Å². The number of carbonyl (C=O) groups excluding carboxylic acids is 2. The molecular weight excluding hydrogens is 759 g/mol. The third-order valence-corrected chi connectivity index (χ3v) is 9.97. The second-order valence-electron chi connectivity index (χ2n) is 13.7. The van der Waals surface area contributed by atoms with Crippen LogP contribution >= 0.6 is 0 Å². The molecule has 6 aromatic rings. The highest BCUT2D eigenvalue weighted by atomic mass is 19.4. The molecular formula is C44H36F6N6O2. The second-order valence-corrected chi connectivity index (χ2v) is 13.7. The maximum absolute atomic E-state index is 13.3. The van der Waals surface area contributed by atoms with Crippen LogP contribution in [0.4, 0.5) is 49.1 Å². The fraction of sp³-hybridized carbons (Fsp3) is 0.182. The number of aromatic nitrogens is 2. The van der Waals surface area contributed by atoms with E-state index in [9.17, 15) is 35.9 Å². The molecule has 8 rings (SSSR count). The number of carbonyl (C=O) groups is 2. The monoisotopic (exact) mass is 794 g/mol. The fourth-order valence-corrected chi connectivity index (χ4v) is 6.97. The van der Waals surface area contributed by atoms with Crippen molar-refractivity contribution in [1.29, 1.82) is 0 Å². The Bertz CT molecular complexity index is 2240. The SMILES string of the molecule is O=C(Nc1cc(C(F)(F)F)ccc1N1CCc2ccccc2C1)c1ccncc1.O=C(Nc1cc(C(F)(F)F)ccc1N1CCc2ccccc2C1)c1ccncc1. The van der Waals surface area contributed by atoms with Crippen molar-refractivity contribution >= 4 is 34.6 Å². The maximum atomic E-state index is 13.3. The summed E-state index contributed by atoms with van der Waals surface area (Å²) in [7, 11) is 0. The van der Waals surface area contributed by atoms with E-state index in [2.05, 4.69) is 32.7 Å². The van der Waals surface area contributed by atoms with Gasteiger partial charge in [0.15, 0.2) is 0 Å². The lowest BCUT2D eigenvalue weighted by Gasteiger charge is -2.32. The number of fused-ring (bicyclic) bond motifs is 2. The summed E-state index contributed by atoms with van der Waals surface area (Å²) < 4.78 is 79.6. The Morgan fingerprint density at radius 3 is 1.22 bits per heavy atom. The van der Waals surface area contributed by atoms with Crippen LogP contribution in [0.1, 0.15) is 54.1 Å². The Morgan fingerprint density at radius 1 is 0.500 bits per heavy atom. The molecule has 8 nitrogen and oxygen atoms in total. The van der Waals surface area contributed by atoms with E-state index in [1.165, 1.54) is 72.3 Å². The molecule has 0 saturated carbocycles. The van der Waals surface area contributed by atoms with E-state index in [0.29, 0.717) is 48.7 Å². The van der Waals surface area contributed by atoms with Gasteiger partial charge in [-0.1, -0.05) is 48.5 Å². The van der Waals surface area contributed by atoms with Crippen molar-refractivity contribution in [2.75, 3.05) is 33.5 Å². The molecule has 2 aliphatic rings. The molecule has 0 atom stereocenters. The molecule has 2 amide bonds. The number of pyridine rings is 2. The molecule has 0 radical (unpaired) electrons. The van der Waals surface area contributed by atoms with E-state index in [1.807, 2.05) is 46.2 Å². The lowest BCUT2D eigenvalue weighted by atomic mass is 9.99. The Balaban J connectivity index is 0.000000177. The van der Waals surface area contributed by atoms with Crippen LogP contribution in [0.3, 0.4) is 0 Å². The molecule has 296 valence electrons. The molecule has 2 aliphatic heterocycles. The molecule has 0 bridgehead atoms. The average Bonchev–Trinajstić information content (AvgIpc) is 3.23. The van der Waals surface area contributed by atoms with Gasteiger partial charge in [-0.05, 0) is 95.8 Å². The molecule has 0 unspecified atom stereocenters. The lowest BCUT2D eigenvalue weighted by molar-refractivity contribution is -0.138. The summed E-state index contributed by atoms with van der Waals surface area (Å²) in [5, 5.41) is 5.30. The fourth-order valence-electron chi connectivity index (χ4n) is 6.97. The smallest absolute Gasteiger partial charge is 0.365 e. The van der Waals surface area contributed by atoms with Gasteiger partial charge in [0.1, 0.15) is 0 Å². The second kappa shape index (κ2) is 16.8. The van der Waals surface area contributed by atoms with Crippen LogP contribution in [-0.2, 0) is 38.3 Å². The Kier molecular flexibility index (Phi) is 11.5. The highest BCUT2D eigenvalue weighted by Gasteiger charge is 2.33. The molecule has 2 N–H and O–H groups in total. The van der Waals surface area contributed by atoms with Gasteiger partial charge in [-0.25, -0.2) is 0 Å². The number of hydrogen-bond acceptors (Lipinski definition) is 6. The van der Waals surface area contributed by atoms with Crippen LogP contribution in [0.5, 0.6) is 0 Å². The summed E-state index contributed by atoms with van der Waals surface area (Å²) >= 11 is 0. The number of rotatable bonds is 6. The first-order valence-corrected chi connectivity index (χ1v) is 18.3. The van der Waals surface area contributed by atoms with Crippen molar-refractivity contribution in [3.8, 4) is 0 Å². The number of alkyl halides is 6. The first-order chi connectivity index (χ1) is 27.8. The molecule has 0 aliphatic carbocycles. The van der Waals surface area contributed by atoms with Crippen molar-refractivity contribution in [2.24, 2.45) is 0 Å². The summed E-state index contributed by atoms with van der Waals surface area (Å²) in [5.41, 5.74) is 5.19. The van der Waals surface area contributed by atoms with Crippen molar-refractivity contribution in [2.45, 2.75) is 38.3 Å². The number of benzene rings is 4. The van der Waals surface area contributed by atoms with Crippen molar-refractivity contribution in [3.63, 3.8) is 0 Å². The van der Waals surface area contributed by atoms with Gasteiger partial charge >= 0.3 is 12.4 Å². The minimum absolute atomic E-state index is 0.140. The van der Waals surface area contributed by atoms with Crippen LogP contribution in [0.15, 0.2) is 134 Å². The van der Waals surface area contributed by atoms with Crippen LogP contribution in [0, 0.1) is 0 Å². The molecule has 0 fully saturated rings. The highest BCUT2D eigenvalue weighted by Crippen LogP contribution is 2.39. The zero-order valence-electron chi connectivity index (χ0n) is 30.8. The summed E-state index contributed by atoms with van der Waals surface area (Å²) in [4.78, 5) is 36.8. The molecule has 0 saturated heterocycles. The van der Waals surface area contributed by atoms with E-state index < -0.39 is 35.3 Å². The quantitative estimate of drug-likeness (QED) is 0.163. The molecule has 4 heterocycles. The Hall–Kier alpha value is -6.70. The van der Waals surface area contributed by atoms with E-state index >= 15 is 0 Å². The molecule has 58 heavy (non-hydrogen) atoms. The molecule has 2 aromatic heterocycles. The third kappa shape index (κ3) is 9.28. The number of anilines is 4. The number of nitrogens with zero attached hydrogens (tertiary/aromatic N) is 4. The van der Waals surface area contributed by atoms with Gasteiger partial charge in [-0.3, -0.25) is 19.6 Å². The van der Waals surface area contributed by atoms with E-state index in [-0.39, 0.29) is 11.4 Å². The molecule has 14 heteroatoms. The minimum atomic E-state index is -4.50. The normalized spacial score (nSPS) is 13.7. The maximum Gasteiger partial charge on any atom is 0.416 e. The summed E-state index contributed by atoms with van der Waals surface area (Å²) in [6, 6.07) is 29.0. The van der Waals surface area contributed by atoms with Crippen molar-refractivity contribution in [3.05, 3.63) is 178 Å². The van der Waals surface area contributed by atoms with Gasteiger partial charge in [-0.2, -0.15) is 26.3 Å². The van der Waals surface area contributed by atoms with Crippen LogP contribution in [0.2, 0.25) is 0 Å². The van der Waals surface area contributed by atoms with Gasteiger partial charge in [-0.15, -0.1) is 0 Å². The predicted molar refractivity (Wildman–Crippen MR) is 210 cm³/mol.